The van der Waals surface area contributed by atoms with Gasteiger partial charge in [-0.25, -0.2) is 13.2 Å². The molecule has 0 unspecified atom stereocenters. The van der Waals surface area contributed by atoms with Gasteiger partial charge in [-0.05, 0) is 55.8 Å². The van der Waals surface area contributed by atoms with E-state index >= 15 is 0 Å². The van der Waals surface area contributed by atoms with Gasteiger partial charge in [-0.2, -0.15) is 0 Å². The number of aryl methyl sites for hydroxylation is 1. The molecule has 0 saturated carbocycles. The van der Waals surface area contributed by atoms with E-state index < -0.39 is 17.5 Å². The first kappa shape index (κ1) is 22.1. The standard InChI is InChI=1S/C23H26F3N5O/c1-3-15-6-9-19(18(25)14-15)27-21-16(7-8-17(24)20(21)26)22-28-29-23(32-22)31-11-5-10-30(4-2)12-13-31/h6-9,14,27H,3-5,10-13H2,1-2H3. The predicted molar refractivity (Wildman–Crippen MR) is 118 cm³/mol. The number of aromatic nitrogens is 2. The van der Waals surface area contributed by atoms with Crippen LogP contribution in [0.4, 0.5) is 30.6 Å². The van der Waals surface area contributed by atoms with Gasteiger partial charge in [0, 0.05) is 19.6 Å². The van der Waals surface area contributed by atoms with Gasteiger partial charge in [0.15, 0.2) is 11.6 Å². The highest BCUT2D eigenvalue weighted by atomic mass is 19.2. The summed E-state index contributed by atoms with van der Waals surface area (Å²) in [6.07, 6.45) is 1.62. The third-order valence-electron chi connectivity index (χ3n) is 5.75. The lowest BCUT2D eigenvalue weighted by molar-refractivity contribution is 0.309. The second kappa shape index (κ2) is 9.60. The van der Waals surface area contributed by atoms with Crippen LogP contribution in [0.5, 0.6) is 0 Å². The average molecular weight is 445 g/mol. The molecule has 1 aromatic heterocycles. The molecular weight excluding hydrogens is 419 g/mol. The van der Waals surface area contributed by atoms with Crippen molar-refractivity contribution in [1.82, 2.24) is 15.1 Å². The summed E-state index contributed by atoms with van der Waals surface area (Å²) in [6.45, 7) is 8.36. The minimum absolute atomic E-state index is 0.0277. The van der Waals surface area contributed by atoms with Gasteiger partial charge in [0.2, 0.25) is 0 Å². The van der Waals surface area contributed by atoms with Crippen LogP contribution >= 0.6 is 0 Å². The lowest BCUT2D eigenvalue weighted by atomic mass is 10.1. The van der Waals surface area contributed by atoms with Crippen LogP contribution < -0.4 is 10.2 Å². The Kier molecular flexibility index (Phi) is 6.64. The van der Waals surface area contributed by atoms with E-state index in [1.807, 2.05) is 11.8 Å². The van der Waals surface area contributed by atoms with Gasteiger partial charge in [0.25, 0.3) is 5.89 Å². The maximum Gasteiger partial charge on any atom is 0.318 e. The van der Waals surface area contributed by atoms with Crippen molar-refractivity contribution in [3.63, 3.8) is 0 Å². The molecule has 1 aliphatic rings. The normalized spacial score (nSPS) is 15.1. The summed E-state index contributed by atoms with van der Waals surface area (Å²) in [5, 5.41) is 10.9. The second-order valence-electron chi connectivity index (χ2n) is 7.74. The van der Waals surface area contributed by atoms with Crippen molar-refractivity contribution >= 4 is 17.4 Å². The van der Waals surface area contributed by atoms with Crippen molar-refractivity contribution in [2.75, 3.05) is 42.9 Å². The molecule has 1 aliphatic heterocycles. The molecule has 32 heavy (non-hydrogen) atoms. The third kappa shape index (κ3) is 4.57. The molecule has 0 amide bonds. The van der Waals surface area contributed by atoms with Crippen molar-refractivity contribution in [3.05, 3.63) is 53.3 Å². The Morgan fingerprint density at radius 2 is 1.81 bits per heavy atom. The summed E-state index contributed by atoms with van der Waals surface area (Å²) in [6, 6.07) is 7.25. The summed E-state index contributed by atoms with van der Waals surface area (Å²) >= 11 is 0. The lowest BCUT2D eigenvalue weighted by Crippen LogP contribution is -2.30. The van der Waals surface area contributed by atoms with Gasteiger partial charge < -0.3 is 19.5 Å². The SMILES string of the molecule is CCc1ccc(Nc2c(-c3nnc(N4CCCN(CC)CC4)o3)ccc(F)c2F)c(F)c1. The number of likely N-dealkylation sites (N-methyl/N-ethyl adjacent to an activating group) is 1. The number of halogens is 3. The minimum Gasteiger partial charge on any atom is -0.403 e. The topological polar surface area (TPSA) is 57.4 Å². The molecule has 2 heterocycles. The van der Waals surface area contributed by atoms with E-state index in [-0.39, 0.29) is 22.8 Å². The molecule has 0 radical (unpaired) electrons. The Balaban J connectivity index is 1.64. The first-order chi connectivity index (χ1) is 15.5. The van der Waals surface area contributed by atoms with Crippen LogP contribution in [0.3, 0.4) is 0 Å². The van der Waals surface area contributed by atoms with Crippen LogP contribution in [0.2, 0.25) is 0 Å². The molecule has 1 fully saturated rings. The van der Waals surface area contributed by atoms with Crippen LogP contribution in [0.15, 0.2) is 34.7 Å². The monoisotopic (exact) mass is 445 g/mol. The first-order valence-corrected chi connectivity index (χ1v) is 10.8. The maximum atomic E-state index is 14.7. The largest absolute Gasteiger partial charge is 0.403 e. The molecule has 1 saturated heterocycles. The van der Waals surface area contributed by atoms with E-state index in [0.29, 0.717) is 12.4 Å². The zero-order chi connectivity index (χ0) is 22.7. The molecule has 2 aromatic carbocycles. The Bertz CT molecular complexity index is 1090. The predicted octanol–water partition coefficient (Wildman–Crippen LogP) is 4.99. The number of hydrogen-bond acceptors (Lipinski definition) is 6. The fourth-order valence-electron chi connectivity index (χ4n) is 3.80. The van der Waals surface area contributed by atoms with Crippen LogP contribution in [0.25, 0.3) is 11.5 Å². The van der Waals surface area contributed by atoms with Crippen molar-refractivity contribution in [2.45, 2.75) is 26.7 Å². The lowest BCUT2D eigenvalue weighted by Gasteiger charge is -2.18. The highest BCUT2D eigenvalue weighted by molar-refractivity contribution is 5.78. The summed E-state index contributed by atoms with van der Waals surface area (Å²) in [4.78, 5) is 4.33. The van der Waals surface area contributed by atoms with Crippen LogP contribution in [-0.2, 0) is 6.42 Å². The van der Waals surface area contributed by atoms with Gasteiger partial charge in [-0.1, -0.05) is 25.0 Å². The Morgan fingerprint density at radius 3 is 2.56 bits per heavy atom. The Hall–Kier alpha value is -3.07. The molecule has 170 valence electrons. The summed E-state index contributed by atoms with van der Waals surface area (Å²) in [5.41, 5.74) is 0.733. The van der Waals surface area contributed by atoms with Crippen molar-refractivity contribution in [2.24, 2.45) is 0 Å². The number of nitrogens with zero attached hydrogens (tertiary/aromatic N) is 4. The van der Waals surface area contributed by atoms with Crippen LogP contribution in [-0.4, -0.2) is 47.8 Å². The molecular formula is C23H26F3N5O. The second-order valence-corrected chi connectivity index (χ2v) is 7.74. The molecule has 6 nitrogen and oxygen atoms in total. The van der Waals surface area contributed by atoms with E-state index in [4.69, 9.17) is 4.42 Å². The quantitative estimate of drug-likeness (QED) is 0.577. The van der Waals surface area contributed by atoms with Crippen molar-refractivity contribution in [1.29, 1.82) is 0 Å². The zero-order valence-electron chi connectivity index (χ0n) is 18.2. The molecule has 0 bridgehead atoms. The first-order valence-electron chi connectivity index (χ1n) is 10.8. The molecule has 9 heteroatoms. The van der Waals surface area contributed by atoms with E-state index in [2.05, 4.69) is 27.3 Å². The summed E-state index contributed by atoms with van der Waals surface area (Å²) < 4.78 is 49.1. The van der Waals surface area contributed by atoms with E-state index in [1.165, 1.54) is 18.2 Å². The number of hydrogen-bond donors (Lipinski definition) is 1. The molecule has 1 N–H and O–H groups in total. The van der Waals surface area contributed by atoms with Gasteiger partial charge >= 0.3 is 6.01 Å². The van der Waals surface area contributed by atoms with Gasteiger partial charge in [-0.3, -0.25) is 0 Å². The number of rotatable bonds is 6. The fraction of sp³-hybridized carbons (Fsp3) is 0.391. The van der Waals surface area contributed by atoms with Gasteiger partial charge in [0.05, 0.1) is 16.9 Å². The molecule has 3 aromatic rings. The van der Waals surface area contributed by atoms with E-state index in [9.17, 15) is 13.2 Å². The van der Waals surface area contributed by atoms with Gasteiger partial charge in [-0.15, -0.1) is 5.10 Å². The summed E-state index contributed by atoms with van der Waals surface area (Å²) in [7, 11) is 0. The zero-order valence-corrected chi connectivity index (χ0v) is 18.2. The maximum absolute atomic E-state index is 14.7. The van der Waals surface area contributed by atoms with Crippen molar-refractivity contribution < 1.29 is 17.6 Å². The highest BCUT2D eigenvalue weighted by Crippen LogP contribution is 2.35. The van der Waals surface area contributed by atoms with E-state index in [0.717, 1.165) is 50.8 Å². The number of anilines is 3. The number of nitrogens with one attached hydrogen (secondary N) is 1. The molecule has 0 atom stereocenters. The molecule has 4 rings (SSSR count). The summed E-state index contributed by atoms with van der Waals surface area (Å²) in [5.74, 6) is -2.73. The van der Waals surface area contributed by atoms with Gasteiger partial charge in [0.1, 0.15) is 5.82 Å². The minimum atomic E-state index is -1.14. The van der Waals surface area contributed by atoms with E-state index in [1.54, 1.807) is 6.07 Å². The molecule has 0 aliphatic carbocycles. The Labute approximate surface area is 185 Å². The average Bonchev–Trinajstić information content (AvgIpc) is 3.16. The molecule has 0 spiro atoms. The van der Waals surface area contributed by atoms with Crippen molar-refractivity contribution in [3.8, 4) is 11.5 Å². The fourth-order valence-corrected chi connectivity index (χ4v) is 3.80. The van der Waals surface area contributed by atoms with Crippen LogP contribution in [0, 0.1) is 17.5 Å². The smallest absolute Gasteiger partial charge is 0.318 e. The third-order valence-corrected chi connectivity index (χ3v) is 5.75. The van der Waals surface area contributed by atoms with Crippen LogP contribution in [0.1, 0.15) is 25.8 Å². The highest BCUT2D eigenvalue weighted by Gasteiger charge is 2.23. The number of benzene rings is 2. The Morgan fingerprint density at radius 1 is 0.969 bits per heavy atom.